The van der Waals surface area contributed by atoms with E-state index in [0.29, 0.717) is 0 Å². The van der Waals surface area contributed by atoms with Gasteiger partial charge in [-0.05, 0) is 24.3 Å². The molecule has 0 aliphatic rings. The van der Waals surface area contributed by atoms with Crippen molar-refractivity contribution < 1.29 is 19.6 Å². The zero-order valence-corrected chi connectivity index (χ0v) is 11.7. The third kappa shape index (κ3) is 3.21. The maximum Gasteiger partial charge on any atom is 0.336 e. The van der Waals surface area contributed by atoms with E-state index in [0.717, 1.165) is 6.07 Å². The molecule has 0 aliphatic heterocycles. The normalized spacial score (nSPS) is 10.0. The molecule has 0 atom stereocenters. The Morgan fingerprint density at radius 3 is 2.36 bits per heavy atom. The first-order chi connectivity index (χ1) is 10.4. The Balaban J connectivity index is 2.32. The predicted octanol–water partition coefficient (Wildman–Crippen LogP) is 3.20. The van der Waals surface area contributed by atoms with E-state index in [-0.39, 0.29) is 27.5 Å². The zero-order valence-electron chi connectivity index (χ0n) is 10.9. The lowest BCUT2D eigenvalue weighted by Gasteiger charge is -2.08. The van der Waals surface area contributed by atoms with Gasteiger partial charge < -0.3 is 10.4 Å². The summed E-state index contributed by atoms with van der Waals surface area (Å²) < 4.78 is 0. The van der Waals surface area contributed by atoms with Gasteiger partial charge in [-0.1, -0.05) is 23.7 Å². The topological polar surface area (TPSA) is 110 Å². The van der Waals surface area contributed by atoms with Gasteiger partial charge in [0.15, 0.2) is 0 Å². The van der Waals surface area contributed by atoms with Gasteiger partial charge in [-0.2, -0.15) is 0 Å². The van der Waals surface area contributed by atoms with Gasteiger partial charge in [0.1, 0.15) is 5.02 Å². The Kier molecular flexibility index (Phi) is 4.38. The quantitative estimate of drug-likeness (QED) is 0.664. The molecule has 7 nitrogen and oxygen atoms in total. The van der Waals surface area contributed by atoms with E-state index in [1.165, 1.54) is 36.4 Å². The molecular formula is C14H9ClN2O5. The third-order valence-corrected chi connectivity index (χ3v) is 3.12. The fraction of sp³-hybridized carbons (Fsp3) is 0. The van der Waals surface area contributed by atoms with Gasteiger partial charge >= 0.3 is 5.97 Å². The van der Waals surface area contributed by atoms with Crippen molar-refractivity contribution in [3.63, 3.8) is 0 Å². The van der Waals surface area contributed by atoms with Gasteiger partial charge in [-0.15, -0.1) is 0 Å². The zero-order chi connectivity index (χ0) is 16.3. The van der Waals surface area contributed by atoms with Gasteiger partial charge in [0, 0.05) is 11.8 Å². The maximum absolute atomic E-state index is 12.1. The Hall–Kier alpha value is -2.93. The van der Waals surface area contributed by atoms with E-state index in [4.69, 9.17) is 16.7 Å². The van der Waals surface area contributed by atoms with E-state index < -0.39 is 16.8 Å². The van der Waals surface area contributed by atoms with Crippen LogP contribution in [0.1, 0.15) is 20.7 Å². The molecule has 0 fully saturated rings. The average molecular weight is 321 g/mol. The largest absolute Gasteiger partial charge is 0.478 e. The first kappa shape index (κ1) is 15.5. The van der Waals surface area contributed by atoms with Crippen LogP contribution in [0.25, 0.3) is 0 Å². The molecule has 22 heavy (non-hydrogen) atoms. The Morgan fingerprint density at radius 2 is 1.77 bits per heavy atom. The number of amides is 1. The van der Waals surface area contributed by atoms with Crippen LogP contribution in [0.5, 0.6) is 0 Å². The SMILES string of the molecule is O=C(O)c1ccccc1C(=O)Nc1ccc(Cl)c([N+](=O)[O-])c1. The summed E-state index contributed by atoms with van der Waals surface area (Å²) >= 11 is 5.68. The number of carbonyl (C=O) groups excluding carboxylic acids is 1. The van der Waals surface area contributed by atoms with Gasteiger partial charge in [0.2, 0.25) is 0 Å². The first-order valence-corrected chi connectivity index (χ1v) is 6.35. The first-order valence-electron chi connectivity index (χ1n) is 5.97. The summed E-state index contributed by atoms with van der Waals surface area (Å²) in [6.45, 7) is 0. The van der Waals surface area contributed by atoms with E-state index in [1.807, 2.05) is 0 Å². The molecule has 0 radical (unpaired) electrons. The fourth-order valence-corrected chi connectivity index (χ4v) is 1.98. The second-order valence-corrected chi connectivity index (χ2v) is 4.64. The van der Waals surface area contributed by atoms with E-state index >= 15 is 0 Å². The number of carboxylic acids is 1. The van der Waals surface area contributed by atoms with Gasteiger partial charge in [0.05, 0.1) is 16.1 Å². The molecule has 0 bridgehead atoms. The number of aromatic carboxylic acids is 1. The summed E-state index contributed by atoms with van der Waals surface area (Å²) in [5.74, 6) is -1.93. The summed E-state index contributed by atoms with van der Waals surface area (Å²) in [4.78, 5) is 33.3. The number of nitrogens with one attached hydrogen (secondary N) is 1. The summed E-state index contributed by atoms with van der Waals surface area (Å²) in [6.07, 6.45) is 0. The molecule has 0 saturated carbocycles. The smallest absolute Gasteiger partial charge is 0.336 e. The molecule has 0 heterocycles. The molecule has 8 heteroatoms. The molecule has 0 spiro atoms. The van der Waals surface area contributed by atoms with Crippen LogP contribution in [-0.2, 0) is 0 Å². The van der Waals surface area contributed by atoms with Crippen LogP contribution in [0.15, 0.2) is 42.5 Å². The van der Waals surface area contributed by atoms with Crippen molar-refractivity contribution in [2.45, 2.75) is 0 Å². The highest BCUT2D eigenvalue weighted by atomic mass is 35.5. The average Bonchev–Trinajstić information content (AvgIpc) is 2.48. The number of nitro groups is 1. The third-order valence-electron chi connectivity index (χ3n) is 2.80. The Morgan fingerprint density at radius 1 is 1.14 bits per heavy atom. The van der Waals surface area contributed by atoms with Gasteiger partial charge in [-0.25, -0.2) is 4.79 Å². The van der Waals surface area contributed by atoms with E-state index in [2.05, 4.69) is 5.32 Å². The lowest BCUT2D eigenvalue weighted by atomic mass is 10.1. The molecule has 2 aromatic rings. The number of carboxylic acid groups (broad SMARTS) is 1. The molecule has 112 valence electrons. The summed E-state index contributed by atoms with van der Waals surface area (Å²) in [7, 11) is 0. The standard InChI is InChI=1S/C14H9ClN2O5/c15-11-6-5-8(7-12(11)17(21)22)16-13(18)9-3-1-2-4-10(9)14(19)20/h1-7H,(H,16,18)(H,19,20). The van der Waals surface area contributed by atoms with Crippen molar-refractivity contribution in [2.24, 2.45) is 0 Å². The van der Waals surface area contributed by atoms with Crippen LogP contribution < -0.4 is 5.32 Å². The maximum atomic E-state index is 12.1. The fourth-order valence-electron chi connectivity index (χ4n) is 1.80. The summed E-state index contributed by atoms with van der Waals surface area (Å²) in [6, 6.07) is 9.42. The molecule has 0 unspecified atom stereocenters. The van der Waals surface area contributed by atoms with Crippen LogP contribution in [0.2, 0.25) is 5.02 Å². The van der Waals surface area contributed by atoms with Crippen molar-refractivity contribution in [2.75, 3.05) is 5.32 Å². The second-order valence-electron chi connectivity index (χ2n) is 4.23. The predicted molar refractivity (Wildman–Crippen MR) is 79.5 cm³/mol. The number of nitrogens with zero attached hydrogens (tertiary/aromatic N) is 1. The number of nitro benzene ring substituents is 1. The van der Waals surface area contributed by atoms with Crippen molar-refractivity contribution in [1.82, 2.24) is 0 Å². The number of benzene rings is 2. The number of halogens is 1. The van der Waals surface area contributed by atoms with Crippen LogP contribution in [-0.4, -0.2) is 21.9 Å². The van der Waals surface area contributed by atoms with Crippen molar-refractivity contribution in [3.05, 3.63) is 68.7 Å². The summed E-state index contributed by atoms with van der Waals surface area (Å²) in [5, 5.41) is 22.2. The minimum absolute atomic E-state index is 0.0485. The monoisotopic (exact) mass is 320 g/mol. The van der Waals surface area contributed by atoms with E-state index in [9.17, 15) is 19.7 Å². The van der Waals surface area contributed by atoms with Crippen molar-refractivity contribution in [3.8, 4) is 0 Å². The summed E-state index contributed by atoms with van der Waals surface area (Å²) in [5.41, 5.74) is -0.427. The number of carbonyl (C=O) groups is 2. The van der Waals surface area contributed by atoms with Crippen molar-refractivity contribution >= 4 is 34.9 Å². The van der Waals surface area contributed by atoms with Crippen LogP contribution in [0, 0.1) is 10.1 Å². The molecule has 0 aliphatic carbocycles. The minimum atomic E-state index is -1.24. The highest BCUT2D eigenvalue weighted by Gasteiger charge is 2.18. The lowest BCUT2D eigenvalue weighted by molar-refractivity contribution is -0.384. The molecule has 2 aromatic carbocycles. The molecular weight excluding hydrogens is 312 g/mol. The highest BCUT2D eigenvalue weighted by molar-refractivity contribution is 6.32. The highest BCUT2D eigenvalue weighted by Crippen LogP contribution is 2.27. The van der Waals surface area contributed by atoms with Gasteiger partial charge in [0.25, 0.3) is 11.6 Å². The number of rotatable bonds is 4. The van der Waals surface area contributed by atoms with Gasteiger partial charge in [-0.3, -0.25) is 14.9 Å². The molecule has 0 saturated heterocycles. The Labute approximate surface area is 129 Å². The minimum Gasteiger partial charge on any atom is -0.478 e. The lowest BCUT2D eigenvalue weighted by Crippen LogP contribution is -2.16. The number of hydrogen-bond acceptors (Lipinski definition) is 4. The Bertz CT molecular complexity index is 776. The number of anilines is 1. The van der Waals surface area contributed by atoms with E-state index in [1.54, 1.807) is 0 Å². The second kappa shape index (κ2) is 6.23. The van der Waals surface area contributed by atoms with Crippen molar-refractivity contribution in [1.29, 1.82) is 0 Å². The van der Waals surface area contributed by atoms with Crippen LogP contribution in [0.4, 0.5) is 11.4 Å². The molecule has 2 rings (SSSR count). The molecule has 2 N–H and O–H groups in total. The molecule has 0 aromatic heterocycles. The molecule has 1 amide bonds. The van der Waals surface area contributed by atoms with Crippen LogP contribution in [0.3, 0.4) is 0 Å². The van der Waals surface area contributed by atoms with Crippen LogP contribution >= 0.6 is 11.6 Å². The number of hydrogen-bond donors (Lipinski definition) is 2.